The molecule has 184 valence electrons. The van der Waals surface area contributed by atoms with Crippen LogP contribution in [-0.2, 0) is 0 Å². The van der Waals surface area contributed by atoms with E-state index in [0.29, 0.717) is 12.0 Å². The standard InChI is InChI=1S/C18H27N3O.C9H14.C2H6/c1-13(2)17-12-20(10-11-21(17)14(3)4)18(22)19-16-8-6-15(5)7-9-16;1-3-9-7-5-4-6-8(9)2;1-2/h6-9,13,17H,3,10-12H2,1-2,4-5H3,(H,19,22);5,7H,3-4,6H2,1-2H3;1-2H3. The number of aryl methyl sites for hydroxylation is 1. The zero-order valence-corrected chi connectivity index (χ0v) is 22.4. The summed E-state index contributed by atoms with van der Waals surface area (Å²) < 4.78 is 0. The Balaban J connectivity index is 0.000000412. The fraction of sp³-hybridized carbons (Fsp3) is 0.552. The largest absolute Gasteiger partial charge is 0.369 e. The third kappa shape index (κ3) is 9.11. The molecule has 0 saturated carbocycles. The van der Waals surface area contributed by atoms with Gasteiger partial charge in [-0.15, -0.1) is 0 Å². The highest BCUT2D eigenvalue weighted by Crippen LogP contribution is 2.22. The van der Waals surface area contributed by atoms with Crippen LogP contribution in [0.2, 0.25) is 0 Å². The number of urea groups is 1. The molecule has 1 N–H and O–H groups in total. The van der Waals surface area contributed by atoms with Gasteiger partial charge in [-0.05, 0) is 63.7 Å². The smallest absolute Gasteiger partial charge is 0.321 e. The van der Waals surface area contributed by atoms with Gasteiger partial charge >= 0.3 is 6.03 Å². The highest BCUT2D eigenvalue weighted by molar-refractivity contribution is 5.89. The first-order chi connectivity index (χ1) is 15.7. The molecule has 4 heteroatoms. The molecule has 1 heterocycles. The molecule has 1 fully saturated rings. The molecule has 0 spiro atoms. The summed E-state index contributed by atoms with van der Waals surface area (Å²) in [6.07, 6.45) is 8.25. The summed E-state index contributed by atoms with van der Waals surface area (Å²) in [6.45, 7) is 23.3. The molecular formula is C29H47N3O. The number of carbonyl (C=O) groups is 1. The van der Waals surface area contributed by atoms with E-state index in [4.69, 9.17) is 0 Å². The van der Waals surface area contributed by atoms with E-state index in [1.807, 2.05) is 56.9 Å². The molecule has 1 aromatic carbocycles. The highest BCUT2D eigenvalue weighted by atomic mass is 16.2. The summed E-state index contributed by atoms with van der Waals surface area (Å²) in [5.74, 6) is 0.478. The number of carbonyl (C=O) groups excluding carboxylic acids is 1. The molecule has 1 aliphatic carbocycles. The number of nitrogens with one attached hydrogen (secondary N) is 1. The maximum Gasteiger partial charge on any atom is 0.321 e. The van der Waals surface area contributed by atoms with E-state index in [1.165, 1.54) is 24.8 Å². The molecular weight excluding hydrogens is 406 g/mol. The number of piperazine rings is 1. The first kappa shape index (κ1) is 28.5. The first-order valence-corrected chi connectivity index (χ1v) is 12.6. The molecule has 4 nitrogen and oxygen atoms in total. The summed E-state index contributed by atoms with van der Waals surface area (Å²) >= 11 is 0. The fourth-order valence-corrected chi connectivity index (χ4v) is 4.13. The molecule has 1 atom stereocenters. The van der Waals surface area contributed by atoms with Crippen LogP contribution in [0.25, 0.3) is 0 Å². The first-order valence-electron chi connectivity index (χ1n) is 12.6. The molecule has 2 aliphatic rings. The Morgan fingerprint density at radius 3 is 2.27 bits per heavy atom. The number of nitrogens with zero attached hydrogens (tertiary/aromatic N) is 2. The van der Waals surface area contributed by atoms with Crippen LogP contribution in [0, 0.1) is 12.8 Å². The molecule has 1 saturated heterocycles. The minimum Gasteiger partial charge on any atom is -0.369 e. The summed E-state index contributed by atoms with van der Waals surface area (Å²) in [4.78, 5) is 16.7. The molecule has 1 unspecified atom stereocenters. The Morgan fingerprint density at radius 2 is 1.79 bits per heavy atom. The fourth-order valence-electron chi connectivity index (χ4n) is 4.13. The van der Waals surface area contributed by atoms with Crippen molar-refractivity contribution in [1.29, 1.82) is 0 Å². The van der Waals surface area contributed by atoms with Crippen LogP contribution in [0.3, 0.4) is 0 Å². The summed E-state index contributed by atoms with van der Waals surface area (Å²) in [5, 5.41) is 2.99. The molecule has 0 bridgehead atoms. The van der Waals surface area contributed by atoms with Gasteiger partial charge in [-0.2, -0.15) is 0 Å². The van der Waals surface area contributed by atoms with E-state index in [2.05, 4.69) is 56.6 Å². The van der Waals surface area contributed by atoms with Gasteiger partial charge < -0.3 is 15.1 Å². The quantitative estimate of drug-likeness (QED) is 0.505. The van der Waals surface area contributed by atoms with Crippen LogP contribution >= 0.6 is 0 Å². The Morgan fingerprint density at radius 1 is 1.15 bits per heavy atom. The van der Waals surface area contributed by atoms with Gasteiger partial charge in [0.25, 0.3) is 0 Å². The van der Waals surface area contributed by atoms with Crippen LogP contribution in [0.1, 0.15) is 73.3 Å². The van der Waals surface area contributed by atoms with E-state index in [9.17, 15) is 4.79 Å². The zero-order chi connectivity index (χ0) is 25.0. The van der Waals surface area contributed by atoms with Crippen LogP contribution in [0.5, 0.6) is 0 Å². The van der Waals surface area contributed by atoms with Crippen molar-refractivity contribution < 1.29 is 4.79 Å². The average molecular weight is 454 g/mol. The second-order valence-electron chi connectivity index (χ2n) is 9.08. The van der Waals surface area contributed by atoms with Crippen LogP contribution in [-0.4, -0.2) is 41.5 Å². The van der Waals surface area contributed by atoms with Gasteiger partial charge in [-0.1, -0.05) is 76.6 Å². The minimum absolute atomic E-state index is 0.0177. The molecule has 0 aromatic heterocycles. The van der Waals surface area contributed by atoms with E-state index in [-0.39, 0.29) is 6.03 Å². The van der Waals surface area contributed by atoms with Crippen molar-refractivity contribution in [3.05, 3.63) is 65.4 Å². The van der Waals surface area contributed by atoms with Gasteiger partial charge in [0.1, 0.15) is 0 Å². The monoisotopic (exact) mass is 453 g/mol. The molecule has 1 aliphatic heterocycles. The zero-order valence-electron chi connectivity index (χ0n) is 22.4. The van der Waals surface area contributed by atoms with Gasteiger partial charge in [0, 0.05) is 37.1 Å². The molecule has 0 radical (unpaired) electrons. The topological polar surface area (TPSA) is 35.6 Å². The third-order valence-corrected chi connectivity index (χ3v) is 6.20. The summed E-state index contributed by atoms with van der Waals surface area (Å²) in [7, 11) is 0. The Hall–Kier alpha value is -2.49. The molecule has 1 aromatic rings. The van der Waals surface area contributed by atoms with Gasteiger partial charge in [0.15, 0.2) is 0 Å². The maximum absolute atomic E-state index is 12.5. The van der Waals surface area contributed by atoms with Crippen molar-refractivity contribution in [1.82, 2.24) is 9.80 Å². The van der Waals surface area contributed by atoms with Crippen molar-refractivity contribution in [2.75, 3.05) is 25.0 Å². The predicted molar refractivity (Wildman–Crippen MR) is 145 cm³/mol. The van der Waals surface area contributed by atoms with Gasteiger partial charge in [0.05, 0.1) is 0 Å². The second-order valence-corrected chi connectivity index (χ2v) is 9.08. The van der Waals surface area contributed by atoms with Crippen molar-refractivity contribution in [2.24, 2.45) is 5.92 Å². The second kappa shape index (κ2) is 14.6. The number of benzene rings is 1. The van der Waals surface area contributed by atoms with Crippen molar-refractivity contribution in [2.45, 2.75) is 80.7 Å². The average Bonchev–Trinajstić information content (AvgIpc) is 2.82. The number of hydrogen-bond acceptors (Lipinski definition) is 2. The van der Waals surface area contributed by atoms with Gasteiger partial charge in [-0.3, -0.25) is 0 Å². The van der Waals surface area contributed by atoms with Crippen molar-refractivity contribution in [3.8, 4) is 0 Å². The molecule has 33 heavy (non-hydrogen) atoms. The van der Waals surface area contributed by atoms with Crippen LogP contribution < -0.4 is 5.32 Å². The van der Waals surface area contributed by atoms with E-state index >= 15 is 0 Å². The summed E-state index contributed by atoms with van der Waals surface area (Å²) in [5.41, 5.74) is 6.24. The number of rotatable bonds is 4. The Bertz CT molecular complexity index is 805. The third-order valence-electron chi connectivity index (χ3n) is 6.20. The lowest BCUT2D eigenvalue weighted by molar-refractivity contribution is 0.0962. The summed E-state index contributed by atoms with van der Waals surface area (Å²) in [6, 6.07) is 8.21. The normalized spacial score (nSPS) is 17.7. The number of amides is 2. The minimum atomic E-state index is -0.0177. The Kier molecular flexibility index (Phi) is 12.6. The highest BCUT2D eigenvalue weighted by Gasteiger charge is 2.31. The lowest BCUT2D eigenvalue weighted by atomic mass is 9.97. The van der Waals surface area contributed by atoms with Crippen molar-refractivity contribution >= 4 is 11.7 Å². The van der Waals surface area contributed by atoms with E-state index in [1.54, 1.807) is 11.1 Å². The van der Waals surface area contributed by atoms with Gasteiger partial charge in [-0.25, -0.2) is 4.79 Å². The van der Waals surface area contributed by atoms with Crippen molar-refractivity contribution in [3.63, 3.8) is 0 Å². The number of allylic oxidation sites excluding steroid dienone is 5. The van der Waals surface area contributed by atoms with E-state index < -0.39 is 0 Å². The Labute approximate surface area is 203 Å². The van der Waals surface area contributed by atoms with Crippen LogP contribution in [0.4, 0.5) is 10.5 Å². The number of hydrogen-bond donors (Lipinski definition) is 1. The molecule has 3 rings (SSSR count). The maximum atomic E-state index is 12.5. The lowest BCUT2D eigenvalue weighted by Crippen LogP contribution is -2.56. The SMILES string of the molecule is C=C(C)N1CCN(C(=O)Nc2ccc(C)cc2)CC1C(C)C.CC.CCC1=C(C)CCC=C1. The van der Waals surface area contributed by atoms with Gasteiger partial charge in [0.2, 0.25) is 0 Å². The lowest BCUT2D eigenvalue weighted by Gasteiger charge is -2.44. The van der Waals surface area contributed by atoms with Crippen LogP contribution in [0.15, 0.2) is 59.8 Å². The molecule has 2 amide bonds. The predicted octanol–water partition coefficient (Wildman–Crippen LogP) is 7.79. The van der Waals surface area contributed by atoms with E-state index in [0.717, 1.165) is 31.0 Å². The number of anilines is 1.